The Labute approximate surface area is 199 Å². The first-order valence-corrected chi connectivity index (χ1v) is 12.6. The fraction of sp³-hybridized carbons (Fsp3) is 0.419. The van der Waals surface area contributed by atoms with Crippen LogP contribution in [0, 0.1) is 12.8 Å². The molecule has 0 N–H and O–H groups in total. The standard InChI is InChI=1S/C31H38O2/c1-6-23(7-2)12-9-10-13-25-18-19-28-27(15-11-14-24(8-3)31(28)33)30(25)29-20-26(22(5)32)17-16-21(29)4/h11-12,15-20,24H,6-10,13-14H2,1-5H3. The van der Waals surface area contributed by atoms with E-state index in [0.717, 1.165) is 72.8 Å². The smallest absolute Gasteiger partial charge is 0.166 e. The molecule has 0 radical (unpaired) electrons. The van der Waals surface area contributed by atoms with Crippen LogP contribution in [0.15, 0.2) is 48.1 Å². The normalized spacial score (nSPS) is 15.2. The molecule has 3 rings (SSSR count). The van der Waals surface area contributed by atoms with Gasteiger partial charge in [-0.05, 0) is 92.7 Å². The molecule has 0 bridgehead atoms. The Morgan fingerprint density at radius 1 is 1.06 bits per heavy atom. The van der Waals surface area contributed by atoms with Gasteiger partial charge in [0.1, 0.15) is 0 Å². The molecular weight excluding hydrogens is 404 g/mol. The summed E-state index contributed by atoms with van der Waals surface area (Å²) in [7, 11) is 0. The monoisotopic (exact) mass is 442 g/mol. The number of Topliss-reactive ketones (excluding diaryl/α,β-unsaturated/α-hetero) is 2. The second kappa shape index (κ2) is 11.4. The summed E-state index contributed by atoms with van der Waals surface area (Å²) in [6, 6.07) is 10.1. The van der Waals surface area contributed by atoms with Gasteiger partial charge in [-0.2, -0.15) is 0 Å². The first kappa shape index (κ1) is 24.9. The van der Waals surface area contributed by atoms with Crippen LogP contribution in [0.5, 0.6) is 0 Å². The van der Waals surface area contributed by atoms with Crippen molar-refractivity contribution in [1.29, 1.82) is 0 Å². The van der Waals surface area contributed by atoms with Crippen LogP contribution in [0.2, 0.25) is 0 Å². The molecule has 1 atom stereocenters. The highest BCUT2D eigenvalue weighted by Gasteiger charge is 2.25. The van der Waals surface area contributed by atoms with Crippen molar-refractivity contribution in [3.8, 4) is 11.1 Å². The average molecular weight is 443 g/mol. The van der Waals surface area contributed by atoms with E-state index >= 15 is 0 Å². The highest BCUT2D eigenvalue weighted by Crippen LogP contribution is 2.38. The summed E-state index contributed by atoms with van der Waals surface area (Å²) in [5, 5.41) is 0. The number of carbonyl (C=O) groups is 2. The minimum atomic E-state index is 0.0393. The Kier molecular flexibility index (Phi) is 8.61. The number of ketones is 2. The van der Waals surface area contributed by atoms with Gasteiger partial charge in [0.15, 0.2) is 11.6 Å². The summed E-state index contributed by atoms with van der Waals surface area (Å²) in [4.78, 5) is 25.5. The van der Waals surface area contributed by atoms with E-state index in [1.54, 1.807) is 6.92 Å². The van der Waals surface area contributed by atoms with Gasteiger partial charge in [0.25, 0.3) is 0 Å². The summed E-state index contributed by atoms with van der Waals surface area (Å²) < 4.78 is 0. The van der Waals surface area contributed by atoms with E-state index in [1.807, 2.05) is 24.3 Å². The van der Waals surface area contributed by atoms with Crippen LogP contribution in [0.25, 0.3) is 17.2 Å². The fourth-order valence-corrected chi connectivity index (χ4v) is 4.86. The number of benzene rings is 2. The Morgan fingerprint density at radius 3 is 2.48 bits per heavy atom. The number of fused-ring (bicyclic) bond motifs is 1. The van der Waals surface area contributed by atoms with Gasteiger partial charge in [-0.25, -0.2) is 0 Å². The molecule has 33 heavy (non-hydrogen) atoms. The summed E-state index contributed by atoms with van der Waals surface area (Å²) in [6.45, 7) is 10.2. The van der Waals surface area contributed by atoms with E-state index in [-0.39, 0.29) is 17.5 Å². The van der Waals surface area contributed by atoms with Crippen LogP contribution in [0.3, 0.4) is 0 Å². The zero-order valence-corrected chi connectivity index (χ0v) is 21.0. The molecule has 0 saturated heterocycles. The van der Waals surface area contributed by atoms with E-state index in [1.165, 1.54) is 11.1 Å². The van der Waals surface area contributed by atoms with Gasteiger partial charge in [0.05, 0.1) is 0 Å². The topological polar surface area (TPSA) is 34.1 Å². The van der Waals surface area contributed by atoms with Crippen LogP contribution in [-0.4, -0.2) is 11.6 Å². The first-order chi connectivity index (χ1) is 15.9. The molecule has 2 nitrogen and oxygen atoms in total. The minimum Gasteiger partial charge on any atom is -0.295 e. The molecule has 0 spiro atoms. The number of aryl methyl sites for hydroxylation is 2. The molecule has 0 aromatic heterocycles. The van der Waals surface area contributed by atoms with Gasteiger partial charge in [-0.15, -0.1) is 0 Å². The summed E-state index contributed by atoms with van der Waals surface area (Å²) in [5.41, 5.74) is 8.66. The van der Waals surface area contributed by atoms with Crippen molar-refractivity contribution in [1.82, 2.24) is 0 Å². The summed E-state index contributed by atoms with van der Waals surface area (Å²) >= 11 is 0. The predicted octanol–water partition coefficient (Wildman–Crippen LogP) is 8.56. The molecule has 0 amide bonds. The van der Waals surface area contributed by atoms with Crippen LogP contribution >= 0.6 is 0 Å². The van der Waals surface area contributed by atoms with Crippen LogP contribution < -0.4 is 0 Å². The van der Waals surface area contributed by atoms with Crippen LogP contribution in [0.1, 0.15) is 104 Å². The highest BCUT2D eigenvalue weighted by atomic mass is 16.1. The molecular formula is C31H38O2. The molecule has 1 aliphatic rings. The summed E-state index contributed by atoms with van der Waals surface area (Å²) in [5.74, 6) is 0.343. The third-order valence-corrected chi connectivity index (χ3v) is 7.07. The van der Waals surface area contributed by atoms with Crippen molar-refractivity contribution >= 4 is 17.6 Å². The lowest BCUT2D eigenvalue weighted by Crippen LogP contribution is -2.14. The molecule has 0 saturated carbocycles. The lowest BCUT2D eigenvalue weighted by molar-refractivity contribution is 0.0918. The number of allylic oxidation sites excluding steroid dienone is 3. The largest absolute Gasteiger partial charge is 0.295 e. The number of unbranched alkanes of at least 4 members (excludes halogenated alkanes) is 1. The maximum absolute atomic E-state index is 13.3. The van der Waals surface area contributed by atoms with Gasteiger partial charge in [-0.3, -0.25) is 9.59 Å². The second-order valence-corrected chi connectivity index (χ2v) is 9.22. The number of rotatable bonds is 9. The third-order valence-electron chi connectivity index (χ3n) is 7.07. The molecule has 2 aromatic rings. The Bertz CT molecular complexity index is 1080. The van der Waals surface area contributed by atoms with Gasteiger partial charge in [0, 0.05) is 17.0 Å². The van der Waals surface area contributed by atoms with Gasteiger partial charge in [0.2, 0.25) is 0 Å². The average Bonchev–Trinajstić information content (AvgIpc) is 2.97. The van der Waals surface area contributed by atoms with Crippen molar-refractivity contribution in [2.45, 2.75) is 79.6 Å². The van der Waals surface area contributed by atoms with Crippen LogP contribution in [0.4, 0.5) is 0 Å². The van der Waals surface area contributed by atoms with Gasteiger partial charge in [-0.1, -0.05) is 68.8 Å². The van der Waals surface area contributed by atoms with E-state index in [9.17, 15) is 9.59 Å². The SMILES string of the molecule is CCC(=CCCCc1ccc2c(c1-c1cc(C(C)=O)ccc1C)C=CCC(CC)C2=O)CC. The Balaban J connectivity index is 2.12. The first-order valence-electron chi connectivity index (χ1n) is 12.6. The quantitative estimate of drug-likeness (QED) is 0.221. The number of hydrogen-bond donors (Lipinski definition) is 0. The fourth-order valence-electron chi connectivity index (χ4n) is 4.86. The van der Waals surface area contributed by atoms with E-state index < -0.39 is 0 Å². The minimum absolute atomic E-state index is 0.0393. The second-order valence-electron chi connectivity index (χ2n) is 9.22. The molecule has 0 aliphatic heterocycles. The lowest BCUT2D eigenvalue weighted by atomic mass is 9.84. The van der Waals surface area contributed by atoms with Gasteiger partial charge < -0.3 is 0 Å². The Hall–Kier alpha value is -2.74. The molecule has 0 fully saturated rings. The van der Waals surface area contributed by atoms with Crippen molar-refractivity contribution in [2.24, 2.45) is 5.92 Å². The Morgan fingerprint density at radius 2 is 1.82 bits per heavy atom. The van der Waals surface area contributed by atoms with E-state index in [2.05, 4.69) is 52.0 Å². The van der Waals surface area contributed by atoms with Crippen molar-refractivity contribution in [3.63, 3.8) is 0 Å². The zero-order chi connectivity index (χ0) is 24.0. The van der Waals surface area contributed by atoms with E-state index in [4.69, 9.17) is 0 Å². The number of carbonyl (C=O) groups excluding carboxylic acids is 2. The molecule has 174 valence electrons. The summed E-state index contributed by atoms with van der Waals surface area (Å²) in [6.07, 6.45) is 13.6. The maximum atomic E-state index is 13.3. The third kappa shape index (κ3) is 5.61. The molecule has 2 aromatic carbocycles. The molecule has 0 heterocycles. The highest BCUT2D eigenvalue weighted by molar-refractivity contribution is 6.05. The predicted molar refractivity (Wildman–Crippen MR) is 140 cm³/mol. The maximum Gasteiger partial charge on any atom is 0.166 e. The number of hydrogen-bond acceptors (Lipinski definition) is 2. The van der Waals surface area contributed by atoms with Crippen molar-refractivity contribution in [2.75, 3.05) is 0 Å². The van der Waals surface area contributed by atoms with Crippen molar-refractivity contribution in [3.05, 3.63) is 75.9 Å². The van der Waals surface area contributed by atoms with Crippen LogP contribution in [-0.2, 0) is 6.42 Å². The van der Waals surface area contributed by atoms with Gasteiger partial charge >= 0.3 is 0 Å². The van der Waals surface area contributed by atoms with E-state index in [0.29, 0.717) is 5.56 Å². The lowest BCUT2D eigenvalue weighted by Gasteiger charge is -2.19. The zero-order valence-electron chi connectivity index (χ0n) is 21.0. The molecule has 2 heteroatoms. The van der Waals surface area contributed by atoms with Crippen molar-refractivity contribution < 1.29 is 9.59 Å². The molecule has 1 aliphatic carbocycles. The molecule has 1 unspecified atom stereocenters.